The van der Waals surface area contributed by atoms with Gasteiger partial charge in [0, 0.05) is 210 Å². The third-order valence-corrected chi connectivity index (χ3v) is 22.7. The van der Waals surface area contributed by atoms with Gasteiger partial charge >= 0.3 is 0 Å². The van der Waals surface area contributed by atoms with Gasteiger partial charge in [0.15, 0.2) is 0 Å². The number of aromatic nitrogens is 10. The lowest BCUT2D eigenvalue weighted by Crippen LogP contribution is -2.44. The number of aryl methyl sites for hydroxylation is 4. The summed E-state index contributed by atoms with van der Waals surface area (Å²) in [4.78, 5) is 58.8. The van der Waals surface area contributed by atoms with Crippen molar-refractivity contribution in [3.63, 3.8) is 0 Å². The van der Waals surface area contributed by atoms with Crippen molar-refractivity contribution >= 4 is 34.8 Å². The molecule has 14 rings (SSSR count). The molecule has 0 radical (unpaired) electrons. The molecule has 25 nitrogen and oxygen atoms in total. The highest BCUT2D eigenvalue weighted by molar-refractivity contribution is 5.99. The summed E-state index contributed by atoms with van der Waals surface area (Å²) < 4.78 is 27.6. The predicted molar refractivity (Wildman–Crippen MR) is 445 cm³/mol. The number of benzene rings is 6. The van der Waals surface area contributed by atoms with Gasteiger partial charge in [-0.3, -0.25) is 37.8 Å². The maximum absolute atomic E-state index is 15.4. The quantitative estimate of drug-likeness (QED) is 0.0407. The second-order valence-corrected chi connectivity index (χ2v) is 30.9. The van der Waals surface area contributed by atoms with E-state index in [1.165, 1.54) is 0 Å². The molecule has 3 saturated heterocycles. The molecule has 3 aliphatic rings. The van der Waals surface area contributed by atoms with Crippen LogP contribution in [0.4, 0.5) is 17.1 Å². The van der Waals surface area contributed by atoms with Crippen LogP contribution in [0.3, 0.4) is 0 Å². The summed E-state index contributed by atoms with van der Waals surface area (Å²) in [6, 6.07) is 30.1. The Hall–Kier alpha value is -11.4. The van der Waals surface area contributed by atoms with Gasteiger partial charge in [-0.15, -0.1) is 0 Å². The molecule has 11 aromatic rings. The van der Waals surface area contributed by atoms with Crippen molar-refractivity contribution in [3.8, 4) is 67.1 Å². The Morgan fingerprint density at radius 3 is 1.27 bits per heavy atom. The van der Waals surface area contributed by atoms with Crippen molar-refractivity contribution < 1.29 is 28.6 Å². The number of amides is 3. The largest absolute Gasteiger partial charge is 0.495 e. The van der Waals surface area contributed by atoms with E-state index in [1.807, 2.05) is 177 Å². The molecule has 3 aliphatic heterocycles. The van der Waals surface area contributed by atoms with E-state index in [2.05, 4.69) is 136 Å². The summed E-state index contributed by atoms with van der Waals surface area (Å²) in [5.74, 6) is 0.765. The molecule has 590 valence electrons. The molecular formula is C88H107N19O6. The standard InChI is InChI=1S/C88H107N19O6/c1-15-112-30-31-113-79-38-64(61(6)94-86(108)80-42-76(17-16-57(80)2)103-24-18-97(8)19-25-103)34-68(39-79)73-47-92-106(55-73)53-69-36-77(104-26-20-98(9)21-27-104)44-82(58(69)3)88(110)96-62(7)65-40-83(74-48-91-102(13)52-74)85(111-14)84(41-65)75-49-93-107(56-75)54-70-37-78(105-28-22-99(10)23-29-105)43-81(59(70)4)87(109)95-60(5)63-32-66(71-45-89-100(11)50-71)35-67(33-63)72-46-90-101(12)51-72/h16-17,32-52,55-56,60-62H,15,18-31,53-54H2,1-14H3,(H,94,108)(H,95,109)(H,96,110)/t60-,61-,62-/m1/s1. The van der Waals surface area contributed by atoms with Crippen LogP contribution in [-0.4, -0.2) is 208 Å². The molecule has 0 saturated carbocycles. The molecule has 0 bridgehead atoms. The normalized spacial score (nSPS) is 15.3. The summed E-state index contributed by atoms with van der Waals surface area (Å²) >= 11 is 0. The molecule has 0 aliphatic carbocycles. The van der Waals surface area contributed by atoms with Crippen molar-refractivity contribution in [1.29, 1.82) is 0 Å². The smallest absolute Gasteiger partial charge is 0.252 e. The summed E-state index contributed by atoms with van der Waals surface area (Å²) in [6.07, 6.45) is 19.3. The van der Waals surface area contributed by atoms with Crippen LogP contribution in [0.15, 0.2) is 153 Å². The van der Waals surface area contributed by atoms with Crippen molar-refractivity contribution in [1.82, 2.24) is 79.6 Å². The van der Waals surface area contributed by atoms with Crippen LogP contribution < -0.4 is 40.1 Å². The zero-order chi connectivity index (χ0) is 79.3. The lowest BCUT2D eigenvalue weighted by molar-refractivity contribution is 0.0930. The molecule has 3 amide bonds. The summed E-state index contributed by atoms with van der Waals surface area (Å²) in [6.45, 7) is 26.7. The number of hydrogen-bond acceptors (Lipinski definition) is 17. The van der Waals surface area contributed by atoms with E-state index >= 15 is 9.59 Å². The minimum atomic E-state index is -0.496. The van der Waals surface area contributed by atoms with Crippen LogP contribution in [-0.2, 0) is 39.0 Å². The Morgan fingerprint density at radius 1 is 0.416 bits per heavy atom. The van der Waals surface area contributed by atoms with Crippen molar-refractivity contribution in [2.45, 2.75) is 79.7 Å². The number of piperazine rings is 3. The van der Waals surface area contributed by atoms with Gasteiger partial charge < -0.3 is 59.6 Å². The van der Waals surface area contributed by atoms with Crippen LogP contribution in [0.5, 0.6) is 11.5 Å². The van der Waals surface area contributed by atoms with Crippen LogP contribution in [0.25, 0.3) is 55.6 Å². The fraction of sp³-hybridized carbons (Fsp3) is 0.386. The number of carbonyl (C=O) groups is 3. The molecule has 25 heteroatoms. The second-order valence-electron chi connectivity index (χ2n) is 30.9. The Kier molecular flexibility index (Phi) is 23.8. The van der Waals surface area contributed by atoms with Crippen molar-refractivity contribution in [3.05, 3.63) is 214 Å². The SMILES string of the molecule is CCOCCOc1cc(-c2cnn(Cc3cc(N4CCN(C)CC4)cc(C(=O)N[C@H](C)c4cc(-c5cnn(C)c5)c(OC)c(-c5cnn(Cc6cc(N7CCN(C)CC7)cc(C(=O)N[C@H](C)c7cc(-c8cnn(C)c8)cc(-c8cnn(C)c8)c7)c6C)c5)c4)c3C)c2)cc([C@@H](C)NC(=O)c2cc(N3CCN(C)CC3)ccc2C)c1. The third-order valence-electron chi connectivity index (χ3n) is 22.7. The Morgan fingerprint density at radius 2 is 0.805 bits per heavy atom. The van der Waals surface area contributed by atoms with Gasteiger partial charge in [-0.2, -0.15) is 25.5 Å². The molecule has 3 atom stereocenters. The topological polar surface area (TPSA) is 224 Å². The summed E-state index contributed by atoms with van der Waals surface area (Å²) in [5.41, 5.74) is 21.0. The van der Waals surface area contributed by atoms with E-state index in [9.17, 15) is 4.79 Å². The molecule has 8 heterocycles. The van der Waals surface area contributed by atoms with E-state index < -0.39 is 6.04 Å². The lowest BCUT2D eigenvalue weighted by atomic mass is 9.94. The highest BCUT2D eigenvalue weighted by Gasteiger charge is 2.28. The number of methoxy groups -OCH3 is 1. The molecule has 113 heavy (non-hydrogen) atoms. The van der Waals surface area contributed by atoms with E-state index in [-0.39, 0.29) is 29.8 Å². The second kappa shape index (κ2) is 34.3. The number of nitrogens with one attached hydrogen (secondary N) is 3. The first kappa shape index (κ1) is 78.3. The van der Waals surface area contributed by atoms with Gasteiger partial charge in [0.2, 0.25) is 0 Å². The van der Waals surface area contributed by atoms with Gasteiger partial charge in [0.05, 0.1) is 75.9 Å². The Labute approximate surface area is 663 Å². The highest BCUT2D eigenvalue weighted by atomic mass is 16.5. The molecule has 5 aromatic heterocycles. The zero-order valence-corrected chi connectivity index (χ0v) is 67.8. The molecule has 3 fully saturated rings. The molecule has 0 unspecified atom stereocenters. The average molecular weight is 1530 g/mol. The number of ether oxygens (including phenoxy) is 3. The number of nitrogens with zero attached hydrogens (tertiary/aromatic N) is 16. The van der Waals surface area contributed by atoms with Gasteiger partial charge in [0.1, 0.15) is 18.1 Å². The van der Waals surface area contributed by atoms with E-state index in [0.29, 0.717) is 61.1 Å². The van der Waals surface area contributed by atoms with Crippen LogP contribution in [0.2, 0.25) is 0 Å². The van der Waals surface area contributed by atoms with E-state index in [1.54, 1.807) is 21.2 Å². The van der Waals surface area contributed by atoms with Crippen LogP contribution in [0, 0.1) is 20.8 Å². The Bertz CT molecular complexity index is 5180. The molecular weight excluding hydrogens is 1420 g/mol. The van der Waals surface area contributed by atoms with Crippen molar-refractivity contribution in [2.75, 3.05) is 141 Å². The van der Waals surface area contributed by atoms with Crippen LogP contribution >= 0.6 is 0 Å². The van der Waals surface area contributed by atoms with Crippen LogP contribution in [0.1, 0.15) is 121 Å². The number of likely N-dealkylation sites (N-methyl/N-ethyl adjacent to an activating group) is 3. The predicted octanol–water partition coefficient (Wildman–Crippen LogP) is 11.8. The summed E-state index contributed by atoms with van der Waals surface area (Å²) in [7, 11) is 13.8. The average Bonchev–Trinajstić information content (AvgIpc) is 1.74. The van der Waals surface area contributed by atoms with E-state index in [0.717, 1.165) is 196 Å². The summed E-state index contributed by atoms with van der Waals surface area (Å²) in [5, 5.41) is 33.7. The number of carbonyl (C=O) groups excluding carboxylic acids is 3. The third kappa shape index (κ3) is 18.1. The van der Waals surface area contributed by atoms with Gasteiger partial charge in [-0.1, -0.05) is 6.07 Å². The fourth-order valence-corrected chi connectivity index (χ4v) is 15.5. The van der Waals surface area contributed by atoms with Gasteiger partial charge in [0.25, 0.3) is 17.7 Å². The number of anilines is 3. The first-order valence-electron chi connectivity index (χ1n) is 39.3. The van der Waals surface area contributed by atoms with Gasteiger partial charge in [-0.25, -0.2) is 0 Å². The fourth-order valence-electron chi connectivity index (χ4n) is 15.5. The highest BCUT2D eigenvalue weighted by Crippen LogP contribution is 2.43. The lowest BCUT2D eigenvalue weighted by Gasteiger charge is -2.34. The number of rotatable bonds is 27. The zero-order valence-electron chi connectivity index (χ0n) is 67.8. The first-order chi connectivity index (χ1) is 54.5. The monoisotopic (exact) mass is 1530 g/mol. The maximum Gasteiger partial charge on any atom is 0.252 e. The maximum atomic E-state index is 15.4. The Balaban J connectivity index is 0.735. The van der Waals surface area contributed by atoms with Gasteiger partial charge in [-0.05, 0) is 216 Å². The first-order valence-corrected chi connectivity index (χ1v) is 39.3. The minimum Gasteiger partial charge on any atom is -0.495 e. The molecule has 0 spiro atoms. The molecule has 3 N–H and O–H groups in total. The van der Waals surface area contributed by atoms with Crippen molar-refractivity contribution in [2.24, 2.45) is 21.1 Å². The van der Waals surface area contributed by atoms with E-state index in [4.69, 9.17) is 24.4 Å². The minimum absolute atomic E-state index is 0.139. The number of hydrogen-bond donors (Lipinski definition) is 3. The molecule has 6 aromatic carbocycles.